The van der Waals surface area contributed by atoms with Crippen LogP contribution in [0.2, 0.25) is 0 Å². The highest BCUT2D eigenvalue weighted by atomic mass is 32.2. The van der Waals surface area contributed by atoms with Crippen LogP contribution in [0.3, 0.4) is 0 Å². The number of carbonyl (C=O) groups is 1. The molecule has 1 unspecified atom stereocenters. The van der Waals surface area contributed by atoms with Crippen LogP contribution < -0.4 is 5.32 Å². The van der Waals surface area contributed by atoms with Crippen molar-refractivity contribution in [2.75, 3.05) is 11.1 Å². The smallest absolute Gasteiger partial charge is 0.412 e. The molecule has 0 aromatic heterocycles. The molecule has 0 saturated carbocycles. The van der Waals surface area contributed by atoms with E-state index in [0.29, 0.717) is 23.6 Å². The van der Waals surface area contributed by atoms with Gasteiger partial charge in [0.1, 0.15) is 5.60 Å². The lowest BCUT2D eigenvalue weighted by Crippen LogP contribution is -2.27. The van der Waals surface area contributed by atoms with Crippen LogP contribution in [0.4, 0.5) is 10.5 Å². The van der Waals surface area contributed by atoms with Gasteiger partial charge in [-0.05, 0) is 55.4 Å². The number of aryl methyl sites for hydroxylation is 1. The van der Waals surface area contributed by atoms with Crippen LogP contribution in [0.1, 0.15) is 58.2 Å². The molecular formula is C24H33NO3S. The molecule has 158 valence electrons. The molecule has 1 amide bonds. The third-order valence-corrected chi connectivity index (χ3v) is 5.71. The third kappa shape index (κ3) is 8.01. The Labute approximate surface area is 177 Å². The van der Waals surface area contributed by atoms with Gasteiger partial charge in [0.15, 0.2) is 0 Å². The van der Waals surface area contributed by atoms with E-state index in [0.717, 1.165) is 11.1 Å². The van der Waals surface area contributed by atoms with E-state index in [-0.39, 0.29) is 5.41 Å². The Morgan fingerprint density at radius 3 is 2.17 bits per heavy atom. The molecule has 2 aromatic carbocycles. The summed E-state index contributed by atoms with van der Waals surface area (Å²) in [5, 5.41) is 2.80. The average Bonchev–Trinajstić information content (AvgIpc) is 2.59. The summed E-state index contributed by atoms with van der Waals surface area (Å²) in [6.45, 7) is 12.0. The Morgan fingerprint density at radius 1 is 0.966 bits per heavy atom. The lowest BCUT2D eigenvalue weighted by Gasteiger charge is -2.20. The Morgan fingerprint density at radius 2 is 1.59 bits per heavy atom. The van der Waals surface area contributed by atoms with Gasteiger partial charge in [0, 0.05) is 28.0 Å². The van der Waals surface area contributed by atoms with Gasteiger partial charge < -0.3 is 4.74 Å². The Kier molecular flexibility index (Phi) is 7.64. The van der Waals surface area contributed by atoms with Gasteiger partial charge in [0.2, 0.25) is 0 Å². The van der Waals surface area contributed by atoms with Crippen LogP contribution in [0, 0.1) is 0 Å². The van der Waals surface area contributed by atoms with Crippen molar-refractivity contribution >= 4 is 22.6 Å². The standard InChI is InChI=1S/C24H33NO3S/c1-23(2,3)20-13-11-18(12-14-20)17-29(27)16-15-19-9-7-8-10-21(19)25-22(26)28-24(4,5)6/h7-14H,15-17H2,1-6H3,(H,25,26). The van der Waals surface area contributed by atoms with Crippen LogP contribution in [0.15, 0.2) is 48.5 Å². The molecule has 2 aromatic rings. The summed E-state index contributed by atoms with van der Waals surface area (Å²) in [5.41, 5.74) is 3.57. The predicted octanol–water partition coefficient (Wildman–Crippen LogP) is 5.82. The number of benzene rings is 2. The van der Waals surface area contributed by atoms with E-state index in [2.05, 4.69) is 50.4 Å². The van der Waals surface area contributed by atoms with E-state index in [1.54, 1.807) is 0 Å². The number of ether oxygens (including phenoxy) is 1. The van der Waals surface area contributed by atoms with Gasteiger partial charge in [-0.15, -0.1) is 0 Å². The summed E-state index contributed by atoms with van der Waals surface area (Å²) >= 11 is 0. The van der Waals surface area contributed by atoms with E-state index >= 15 is 0 Å². The highest BCUT2D eigenvalue weighted by Crippen LogP contribution is 2.23. The molecule has 29 heavy (non-hydrogen) atoms. The number of carbonyl (C=O) groups excluding carboxylic acids is 1. The fraction of sp³-hybridized carbons (Fsp3) is 0.458. The molecule has 0 aliphatic carbocycles. The first-order valence-corrected chi connectivity index (χ1v) is 11.5. The molecule has 5 heteroatoms. The van der Waals surface area contributed by atoms with E-state index in [9.17, 15) is 9.00 Å². The zero-order valence-corrected chi connectivity index (χ0v) is 19.2. The van der Waals surface area contributed by atoms with E-state index in [1.165, 1.54) is 5.56 Å². The van der Waals surface area contributed by atoms with Gasteiger partial charge in [-0.25, -0.2) is 4.79 Å². The van der Waals surface area contributed by atoms with E-state index < -0.39 is 22.5 Å². The molecule has 2 rings (SSSR count). The van der Waals surface area contributed by atoms with Crippen molar-refractivity contribution in [3.63, 3.8) is 0 Å². The van der Waals surface area contributed by atoms with Gasteiger partial charge >= 0.3 is 6.09 Å². The molecule has 0 radical (unpaired) electrons. The summed E-state index contributed by atoms with van der Waals surface area (Å²) in [4.78, 5) is 12.1. The minimum Gasteiger partial charge on any atom is -0.444 e. The highest BCUT2D eigenvalue weighted by molar-refractivity contribution is 7.84. The molecule has 1 atom stereocenters. The zero-order valence-electron chi connectivity index (χ0n) is 18.4. The van der Waals surface area contributed by atoms with Crippen molar-refractivity contribution in [2.24, 2.45) is 0 Å². The summed E-state index contributed by atoms with van der Waals surface area (Å²) in [6.07, 6.45) is 0.142. The van der Waals surface area contributed by atoms with Crippen molar-refractivity contribution in [3.8, 4) is 0 Å². The highest BCUT2D eigenvalue weighted by Gasteiger charge is 2.17. The second-order valence-corrected chi connectivity index (χ2v) is 10.8. The Bertz CT molecular complexity index is 846. The molecule has 0 aliphatic heterocycles. The van der Waals surface area contributed by atoms with Crippen molar-refractivity contribution in [2.45, 2.75) is 64.7 Å². The number of hydrogen-bond acceptors (Lipinski definition) is 3. The number of para-hydroxylation sites is 1. The van der Waals surface area contributed by atoms with Crippen LogP contribution in [0.5, 0.6) is 0 Å². The summed E-state index contributed by atoms with van der Waals surface area (Å²) < 4.78 is 17.9. The molecule has 0 fully saturated rings. The van der Waals surface area contributed by atoms with Crippen molar-refractivity contribution in [1.82, 2.24) is 0 Å². The molecule has 0 spiro atoms. The van der Waals surface area contributed by atoms with Crippen molar-refractivity contribution in [1.29, 1.82) is 0 Å². The minimum atomic E-state index is -0.980. The maximum atomic E-state index is 12.6. The maximum Gasteiger partial charge on any atom is 0.412 e. The predicted molar refractivity (Wildman–Crippen MR) is 122 cm³/mol. The second-order valence-electron chi connectivity index (χ2n) is 9.27. The molecular weight excluding hydrogens is 382 g/mol. The zero-order chi connectivity index (χ0) is 21.7. The van der Waals surface area contributed by atoms with Gasteiger partial charge in [0.25, 0.3) is 0 Å². The summed E-state index contributed by atoms with van der Waals surface area (Å²) in [7, 11) is -0.980. The number of anilines is 1. The monoisotopic (exact) mass is 415 g/mol. The van der Waals surface area contributed by atoms with Gasteiger partial charge in [-0.3, -0.25) is 9.53 Å². The van der Waals surface area contributed by atoms with Gasteiger partial charge in [-0.2, -0.15) is 0 Å². The first-order valence-electron chi connectivity index (χ1n) is 9.96. The summed E-state index contributed by atoms with van der Waals surface area (Å²) in [5.74, 6) is 1.07. The largest absolute Gasteiger partial charge is 0.444 e. The fourth-order valence-electron chi connectivity index (χ4n) is 2.86. The third-order valence-electron chi connectivity index (χ3n) is 4.40. The van der Waals surface area contributed by atoms with E-state index in [4.69, 9.17) is 4.74 Å². The lowest BCUT2D eigenvalue weighted by atomic mass is 9.87. The van der Waals surface area contributed by atoms with Crippen LogP contribution in [0.25, 0.3) is 0 Å². The van der Waals surface area contributed by atoms with Crippen molar-refractivity contribution in [3.05, 3.63) is 65.2 Å². The Hall–Kier alpha value is -2.14. The van der Waals surface area contributed by atoms with Gasteiger partial charge in [-0.1, -0.05) is 63.2 Å². The number of rotatable bonds is 6. The minimum absolute atomic E-state index is 0.114. The summed E-state index contributed by atoms with van der Waals surface area (Å²) in [6, 6.07) is 15.9. The maximum absolute atomic E-state index is 12.6. The van der Waals surface area contributed by atoms with Crippen LogP contribution in [-0.4, -0.2) is 21.7 Å². The number of nitrogens with one attached hydrogen (secondary N) is 1. The molecule has 1 N–H and O–H groups in total. The SMILES string of the molecule is CC(C)(C)OC(=O)Nc1ccccc1CCS(=O)Cc1ccc(C(C)(C)C)cc1. The molecule has 0 bridgehead atoms. The van der Waals surface area contributed by atoms with Crippen LogP contribution in [-0.2, 0) is 33.1 Å². The first kappa shape index (κ1) is 23.1. The fourth-order valence-corrected chi connectivity index (χ4v) is 4.01. The topological polar surface area (TPSA) is 55.4 Å². The molecule has 0 saturated heterocycles. The number of hydrogen-bond donors (Lipinski definition) is 1. The normalized spacial score (nSPS) is 13.0. The van der Waals surface area contributed by atoms with Crippen LogP contribution >= 0.6 is 0 Å². The molecule has 0 aliphatic rings. The quantitative estimate of drug-likeness (QED) is 0.646. The van der Waals surface area contributed by atoms with Gasteiger partial charge in [0.05, 0.1) is 0 Å². The van der Waals surface area contributed by atoms with E-state index in [1.807, 2.05) is 45.0 Å². The average molecular weight is 416 g/mol. The number of amides is 1. The molecule has 4 nitrogen and oxygen atoms in total. The van der Waals surface area contributed by atoms with Crippen molar-refractivity contribution < 1.29 is 13.7 Å². The second kappa shape index (κ2) is 9.57. The Balaban J connectivity index is 1.94. The molecule has 0 heterocycles. The first-order chi connectivity index (χ1) is 13.4. The lowest BCUT2D eigenvalue weighted by molar-refractivity contribution is 0.0636.